The predicted octanol–water partition coefficient (Wildman–Crippen LogP) is 2.17. The summed E-state index contributed by atoms with van der Waals surface area (Å²) >= 11 is 0. The lowest BCUT2D eigenvalue weighted by Gasteiger charge is -2.26. The monoisotopic (exact) mass is 250 g/mol. The van der Waals surface area contributed by atoms with E-state index in [1.807, 2.05) is 19.2 Å². The number of rotatable bonds is 8. The number of hydrogen-bond acceptors (Lipinski definition) is 3. The van der Waals surface area contributed by atoms with Crippen molar-refractivity contribution in [2.75, 3.05) is 33.8 Å². The number of hydrogen-bond donors (Lipinski definition) is 2. The van der Waals surface area contributed by atoms with Gasteiger partial charge in [-0.2, -0.15) is 0 Å². The first-order chi connectivity index (χ1) is 8.60. The van der Waals surface area contributed by atoms with Crippen LogP contribution in [0.25, 0.3) is 0 Å². The summed E-state index contributed by atoms with van der Waals surface area (Å²) in [5.41, 5.74) is 1.48. The molecule has 0 aliphatic rings. The molecule has 0 heterocycles. The van der Waals surface area contributed by atoms with Crippen molar-refractivity contribution in [3.63, 3.8) is 0 Å². The van der Waals surface area contributed by atoms with E-state index in [4.69, 9.17) is 4.74 Å². The molecule has 0 unspecified atom stereocenters. The Balaban J connectivity index is 2.45. The van der Waals surface area contributed by atoms with Crippen molar-refractivity contribution in [1.29, 1.82) is 0 Å². The van der Waals surface area contributed by atoms with Gasteiger partial charge in [-0.25, -0.2) is 0 Å². The van der Waals surface area contributed by atoms with Crippen molar-refractivity contribution < 1.29 is 4.74 Å². The summed E-state index contributed by atoms with van der Waals surface area (Å²) in [5, 5.41) is 6.67. The zero-order valence-electron chi connectivity index (χ0n) is 12.0. The molecule has 3 heteroatoms. The third-order valence-electron chi connectivity index (χ3n) is 3.22. The van der Waals surface area contributed by atoms with Gasteiger partial charge in [-0.1, -0.05) is 26.0 Å². The smallest absolute Gasteiger partial charge is 0.118 e. The van der Waals surface area contributed by atoms with E-state index in [1.165, 1.54) is 5.56 Å². The molecule has 0 bridgehead atoms. The van der Waals surface area contributed by atoms with Gasteiger partial charge in [-0.3, -0.25) is 0 Å². The first-order valence-corrected chi connectivity index (χ1v) is 6.60. The van der Waals surface area contributed by atoms with Crippen molar-refractivity contribution in [2.45, 2.75) is 25.7 Å². The molecule has 0 fully saturated rings. The molecular formula is C15H26N2O. The third kappa shape index (κ3) is 4.67. The minimum Gasteiger partial charge on any atom is -0.497 e. The molecule has 0 saturated heterocycles. The van der Waals surface area contributed by atoms with Crippen molar-refractivity contribution in [3.8, 4) is 5.75 Å². The van der Waals surface area contributed by atoms with E-state index in [-0.39, 0.29) is 5.41 Å². The minimum atomic E-state index is 0.145. The van der Waals surface area contributed by atoms with E-state index in [1.54, 1.807) is 7.11 Å². The average Bonchev–Trinajstić information content (AvgIpc) is 2.38. The summed E-state index contributed by atoms with van der Waals surface area (Å²) in [7, 11) is 3.69. The van der Waals surface area contributed by atoms with Gasteiger partial charge in [-0.05, 0) is 44.3 Å². The fourth-order valence-electron chi connectivity index (χ4n) is 1.94. The second-order valence-electron chi connectivity index (χ2n) is 5.25. The first-order valence-electron chi connectivity index (χ1n) is 6.60. The Morgan fingerprint density at radius 2 is 1.78 bits per heavy atom. The van der Waals surface area contributed by atoms with E-state index in [9.17, 15) is 0 Å². The van der Waals surface area contributed by atoms with Gasteiger partial charge in [-0.15, -0.1) is 0 Å². The summed E-state index contributed by atoms with van der Waals surface area (Å²) in [6.45, 7) is 7.64. The second-order valence-corrected chi connectivity index (χ2v) is 5.25. The van der Waals surface area contributed by atoms with Gasteiger partial charge in [0.15, 0.2) is 0 Å². The van der Waals surface area contributed by atoms with Crippen LogP contribution in [-0.4, -0.2) is 33.8 Å². The Hall–Kier alpha value is -1.06. The van der Waals surface area contributed by atoms with Gasteiger partial charge < -0.3 is 15.4 Å². The molecule has 1 aromatic carbocycles. The summed E-state index contributed by atoms with van der Waals surface area (Å²) in [4.78, 5) is 0. The Morgan fingerprint density at radius 3 is 2.33 bits per heavy atom. The quantitative estimate of drug-likeness (QED) is 0.694. The van der Waals surface area contributed by atoms with Crippen LogP contribution in [0.3, 0.4) is 0 Å². The van der Waals surface area contributed by atoms with Gasteiger partial charge >= 0.3 is 0 Å². The van der Waals surface area contributed by atoms with Crippen LogP contribution in [-0.2, 0) is 5.41 Å². The SMILES string of the molecule is CNCCCNCC(C)(C)c1ccc(OC)cc1. The van der Waals surface area contributed by atoms with Gasteiger partial charge in [0.05, 0.1) is 7.11 Å². The minimum absolute atomic E-state index is 0.145. The maximum atomic E-state index is 5.18. The second kappa shape index (κ2) is 7.39. The molecule has 0 aliphatic carbocycles. The lowest BCUT2D eigenvalue weighted by molar-refractivity contribution is 0.413. The predicted molar refractivity (Wildman–Crippen MR) is 77.4 cm³/mol. The molecular weight excluding hydrogens is 224 g/mol. The fraction of sp³-hybridized carbons (Fsp3) is 0.600. The van der Waals surface area contributed by atoms with Crippen LogP contribution in [0, 0.1) is 0 Å². The van der Waals surface area contributed by atoms with Gasteiger partial charge in [0.1, 0.15) is 5.75 Å². The third-order valence-corrected chi connectivity index (χ3v) is 3.22. The Morgan fingerprint density at radius 1 is 1.11 bits per heavy atom. The normalized spacial score (nSPS) is 11.6. The van der Waals surface area contributed by atoms with E-state index >= 15 is 0 Å². The lowest BCUT2D eigenvalue weighted by atomic mass is 9.84. The Bertz CT molecular complexity index is 333. The van der Waals surface area contributed by atoms with Crippen molar-refractivity contribution in [3.05, 3.63) is 29.8 Å². The standard InChI is InChI=1S/C15H26N2O/c1-15(2,12-17-11-5-10-16-3)13-6-8-14(18-4)9-7-13/h6-9,16-17H,5,10-12H2,1-4H3. The van der Waals surface area contributed by atoms with Crippen LogP contribution < -0.4 is 15.4 Å². The summed E-state index contributed by atoms with van der Waals surface area (Å²) in [6.07, 6.45) is 1.16. The molecule has 0 atom stereocenters. The van der Waals surface area contributed by atoms with Crippen molar-refractivity contribution >= 4 is 0 Å². The van der Waals surface area contributed by atoms with Crippen LogP contribution in [0.1, 0.15) is 25.8 Å². The van der Waals surface area contributed by atoms with Crippen molar-refractivity contribution in [2.24, 2.45) is 0 Å². The lowest BCUT2D eigenvalue weighted by Crippen LogP contribution is -2.34. The molecule has 1 aromatic rings. The molecule has 1 rings (SSSR count). The Kier molecular flexibility index (Phi) is 6.16. The van der Waals surface area contributed by atoms with E-state index in [0.717, 1.165) is 31.8 Å². The molecule has 2 N–H and O–H groups in total. The largest absolute Gasteiger partial charge is 0.497 e. The van der Waals surface area contributed by atoms with Crippen LogP contribution >= 0.6 is 0 Å². The highest BCUT2D eigenvalue weighted by atomic mass is 16.5. The van der Waals surface area contributed by atoms with E-state index in [0.29, 0.717) is 0 Å². The van der Waals surface area contributed by atoms with E-state index < -0.39 is 0 Å². The van der Waals surface area contributed by atoms with Crippen LogP contribution in [0.4, 0.5) is 0 Å². The highest BCUT2D eigenvalue weighted by Crippen LogP contribution is 2.24. The molecule has 18 heavy (non-hydrogen) atoms. The van der Waals surface area contributed by atoms with Crippen LogP contribution in [0.2, 0.25) is 0 Å². The number of methoxy groups -OCH3 is 1. The molecule has 0 spiro atoms. The summed E-state index contributed by atoms with van der Waals surface area (Å²) < 4.78 is 5.18. The highest BCUT2D eigenvalue weighted by Gasteiger charge is 2.19. The molecule has 0 aliphatic heterocycles. The summed E-state index contributed by atoms with van der Waals surface area (Å²) in [5.74, 6) is 0.913. The van der Waals surface area contributed by atoms with E-state index in [2.05, 4.69) is 36.6 Å². The average molecular weight is 250 g/mol. The molecule has 102 valence electrons. The maximum Gasteiger partial charge on any atom is 0.118 e. The van der Waals surface area contributed by atoms with Gasteiger partial charge in [0, 0.05) is 12.0 Å². The van der Waals surface area contributed by atoms with Gasteiger partial charge in [0.25, 0.3) is 0 Å². The van der Waals surface area contributed by atoms with Gasteiger partial charge in [0.2, 0.25) is 0 Å². The Labute approximate surface area is 111 Å². The topological polar surface area (TPSA) is 33.3 Å². The summed E-state index contributed by atoms with van der Waals surface area (Å²) in [6, 6.07) is 8.35. The zero-order chi connectivity index (χ0) is 13.4. The molecule has 0 amide bonds. The zero-order valence-corrected chi connectivity index (χ0v) is 12.0. The van der Waals surface area contributed by atoms with Crippen LogP contribution in [0.5, 0.6) is 5.75 Å². The molecule has 0 aromatic heterocycles. The fourth-order valence-corrected chi connectivity index (χ4v) is 1.94. The number of ether oxygens (including phenoxy) is 1. The van der Waals surface area contributed by atoms with Crippen molar-refractivity contribution in [1.82, 2.24) is 10.6 Å². The molecule has 0 saturated carbocycles. The van der Waals surface area contributed by atoms with Crippen LogP contribution in [0.15, 0.2) is 24.3 Å². The number of nitrogens with one attached hydrogen (secondary N) is 2. The first kappa shape index (κ1) is 15.0. The number of benzene rings is 1. The molecule has 3 nitrogen and oxygen atoms in total. The molecule has 0 radical (unpaired) electrons. The maximum absolute atomic E-state index is 5.18. The highest BCUT2D eigenvalue weighted by molar-refractivity contribution is 5.31.